The Morgan fingerprint density at radius 3 is 2.83 bits per heavy atom. The number of nitrogens with two attached hydrogens (primary N) is 1. The summed E-state index contributed by atoms with van der Waals surface area (Å²) in [5.74, 6) is -1.57. The lowest BCUT2D eigenvalue weighted by Gasteiger charge is -2.22. The fraction of sp³-hybridized carbons (Fsp3) is 0.250. The average molecular weight is 437 g/mol. The number of allylic oxidation sites excluding steroid dienone is 3. The number of nitrogens with zero attached hydrogens (tertiary/aromatic N) is 2. The van der Waals surface area contributed by atoms with Gasteiger partial charge in [0.25, 0.3) is 5.91 Å². The molecule has 0 bridgehead atoms. The molecule has 0 unspecified atom stereocenters. The third kappa shape index (κ3) is 4.77. The first-order valence-corrected chi connectivity index (χ1v) is 9.65. The van der Waals surface area contributed by atoms with E-state index in [1.54, 1.807) is 17.9 Å². The molecule has 5 nitrogen and oxygen atoms in total. The van der Waals surface area contributed by atoms with Crippen molar-refractivity contribution in [1.82, 2.24) is 15.1 Å². The number of nitrogens with one attached hydrogen (secondary N) is 1. The van der Waals surface area contributed by atoms with Gasteiger partial charge in [-0.3, -0.25) is 9.48 Å². The topological polar surface area (TPSA) is 72.9 Å². The third-order valence-electron chi connectivity index (χ3n) is 4.67. The van der Waals surface area contributed by atoms with E-state index >= 15 is 0 Å². The second-order valence-corrected chi connectivity index (χ2v) is 7.57. The van der Waals surface area contributed by atoms with Gasteiger partial charge in [0.2, 0.25) is 0 Å². The van der Waals surface area contributed by atoms with Crippen molar-refractivity contribution in [3.8, 4) is 0 Å². The van der Waals surface area contributed by atoms with Crippen LogP contribution in [0.25, 0.3) is 5.57 Å². The standard InChI is InChI=1S/C20H19ClF2N4OS/c1-27-18(4-5-25-27)14-9-19(29)15(8-16(14)21)20(28)26-13(10-24)7-11-6-12(22)2-3-17(11)23/h2-6,8,13H,7,9-10,24H2,1H3,(H,26,28)/t13-/m0/s1. The summed E-state index contributed by atoms with van der Waals surface area (Å²) in [6, 6.07) is 4.40. The Morgan fingerprint density at radius 2 is 2.17 bits per heavy atom. The van der Waals surface area contributed by atoms with Crippen molar-refractivity contribution in [3.05, 3.63) is 70.0 Å². The summed E-state index contributed by atoms with van der Waals surface area (Å²) in [6.07, 6.45) is 3.54. The maximum atomic E-state index is 13.9. The molecule has 1 heterocycles. The predicted molar refractivity (Wildman–Crippen MR) is 112 cm³/mol. The number of hydrogen-bond donors (Lipinski definition) is 2. The Morgan fingerprint density at radius 1 is 1.41 bits per heavy atom. The monoisotopic (exact) mass is 436 g/mol. The van der Waals surface area contributed by atoms with E-state index < -0.39 is 23.6 Å². The van der Waals surface area contributed by atoms with E-state index in [1.807, 2.05) is 6.07 Å². The summed E-state index contributed by atoms with van der Waals surface area (Å²) in [5, 5.41) is 7.25. The van der Waals surface area contributed by atoms with Gasteiger partial charge in [-0.2, -0.15) is 5.10 Å². The molecule has 0 saturated heterocycles. The average Bonchev–Trinajstić information content (AvgIpc) is 3.11. The normalized spacial score (nSPS) is 15.3. The summed E-state index contributed by atoms with van der Waals surface area (Å²) < 4.78 is 29.0. The summed E-state index contributed by atoms with van der Waals surface area (Å²) >= 11 is 11.8. The van der Waals surface area contributed by atoms with Crippen LogP contribution in [-0.2, 0) is 18.3 Å². The van der Waals surface area contributed by atoms with Gasteiger partial charge in [-0.1, -0.05) is 23.8 Å². The van der Waals surface area contributed by atoms with Crippen molar-refractivity contribution in [2.24, 2.45) is 12.8 Å². The van der Waals surface area contributed by atoms with Crippen LogP contribution < -0.4 is 11.1 Å². The van der Waals surface area contributed by atoms with Crippen LogP contribution in [0.3, 0.4) is 0 Å². The van der Waals surface area contributed by atoms with Crippen LogP contribution in [-0.4, -0.2) is 33.1 Å². The molecule has 0 radical (unpaired) electrons. The van der Waals surface area contributed by atoms with Crippen LogP contribution in [0.2, 0.25) is 0 Å². The van der Waals surface area contributed by atoms with E-state index in [1.165, 1.54) is 6.08 Å². The van der Waals surface area contributed by atoms with Gasteiger partial charge in [-0.15, -0.1) is 0 Å². The number of rotatable bonds is 6. The lowest BCUT2D eigenvalue weighted by Crippen LogP contribution is -2.43. The minimum Gasteiger partial charge on any atom is -0.348 e. The van der Waals surface area contributed by atoms with E-state index in [-0.39, 0.29) is 24.1 Å². The van der Waals surface area contributed by atoms with Gasteiger partial charge in [-0.05, 0) is 42.3 Å². The zero-order chi connectivity index (χ0) is 21.1. The second kappa shape index (κ2) is 8.94. The van der Waals surface area contributed by atoms with E-state index in [4.69, 9.17) is 29.6 Å². The molecule has 1 amide bonds. The van der Waals surface area contributed by atoms with Gasteiger partial charge in [0, 0.05) is 47.7 Å². The molecular weight excluding hydrogens is 418 g/mol. The highest BCUT2D eigenvalue weighted by atomic mass is 35.5. The Labute approximate surface area is 177 Å². The van der Waals surface area contributed by atoms with Crippen LogP contribution in [0, 0.1) is 11.6 Å². The zero-order valence-electron chi connectivity index (χ0n) is 15.6. The molecule has 1 aliphatic carbocycles. The minimum absolute atomic E-state index is 0.0472. The van der Waals surface area contributed by atoms with Crippen molar-refractivity contribution >= 4 is 40.2 Å². The SMILES string of the molecule is Cn1nccc1C1=C(Cl)C=C(C(=O)N[C@H](CN)Cc2cc(F)ccc2F)C(=S)C1. The highest BCUT2D eigenvalue weighted by Crippen LogP contribution is 2.32. The first-order valence-electron chi connectivity index (χ1n) is 8.87. The summed E-state index contributed by atoms with van der Waals surface area (Å²) in [6.45, 7) is 0.0472. The van der Waals surface area contributed by atoms with Crippen molar-refractivity contribution < 1.29 is 13.6 Å². The number of amides is 1. The van der Waals surface area contributed by atoms with E-state index in [0.717, 1.165) is 29.5 Å². The molecule has 0 saturated carbocycles. The molecule has 152 valence electrons. The van der Waals surface area contributed by atoms with E-state index in [2.05, 4.69) is 10.4 Å². The lowest BCUT2D eigenvalue weighted by molar-refractivity contribution is -0.117. The molecule has 9 heteroatoms. The van der Waals surface area contributed by atoms with Crippen LogP contribution in [0.1, 0.15) is 17.7 Å². The van der Waals surface area contributed by atoms with Gasteiger partial charge in [0.05, 0.1) is 11.3 Å². The molecule has 1 aliphatic rings. The number of benzene rings is 1. The van der Waals surface area contributed by atoms with Crippen LogP contribution in [0.15, 0.2) is 47.1 Å². The number of carbonyl (C=O) groups is 1. The number of halogens is 3. The van der Waals surface area contributed by atoms with Crippen LogP contribution >= 0.6 is 23.8 Å². The highest BCUT2D eigenvalue weighted by Gasteiger charge is 2.26. The first kappa shape index (κ1) is 21.3. The third-order valence-corrected chi connectivity index (χ3v) is 5.37. The molecule has 1 atom stereocenters. The van der Waals surface area contributed by atoms with E-state index in [0.29, 0.717) is 16.3 Å². The fourth-order valence-electron chi connectivity index (χ4n) is 3.13. The van der Waals surface area contributed by atoms with Gasteiger partial charge in [-0.25, -0.2) is 8.78 Å². The van der Waals surface area contributed by atoms with Crippen molar-refractivity contribution in [2.45, 2.75) is 18.9 Å². The number of hydrogen-bond acceptors (Lipinski definition) is 4. The maximum absolute atomic E-state index is 13.9. The number of carbonyl (C=O) groups excluding carboxylic acids is 1. The maximum Gasteiger partial charge on any atom is 0.252 e. The number of aromatic nitrogens is 2. The molecule has 2 aromatic rings. The minimum atomic E-state index is -0.594. The van der Waals surface area contributed by atoms with Gasteiger partial charge >= 0.3 is 0 Å². The fourth-order valence-corrected chi connectivity index (χ4v) is 3.70. The molecule has 1 aromatic heterocycles. The molecular formula is C20H19ClF2N4OS. The Bertz CT molecular complexity index is 1030. The molecule has 0 fully saturated rings. The molecule has 0 aliphatic heterocycles. The lowest BCUT2D eigenvalue weighted by atomic mass is 9.94. The first-order chi connectivity index (χ1) is 13.8. The second-order valence-electron chi connectivity index (χ2n) is 6.67. The van der Waals surface area contributed by atoms with Crippen molar-refractivity contribution in [3.63, 3.8) is 0 Å². The Balaban J connectivity index is 1.78. The van der Waals surface area contributed by atoms with Crippen LogP contribution in [0.5, 0.6) is 0 Å². The molecule has 0 spiro atoms. The quantitative estimate of drug-likeness (QED) is 0.683. The molecule has 3 N–H and O–H groups in total. The van der Waals surface area contributed by atoms with Gasteiger partial charge in [0.15, 0.2) is 0 Å². The largest absolute Gasteiger partial charge is 0.348 e. The van der Waals surface area contributed by atoms with Crippen molar-refractivity contribution in [2.75, 3.05) is 6.54 Å². The Kier molecular flexibility index (Phi) is 6.56. The van der Waals surface area contributed by atoms with Gasteiger partial charge in [0.1, 0.15) is 11.6 Å². The smallest absolute Gasteiger partial charge is 0.252 e. The molecule has 29 heavy (non-hydrogen) atoms. The molecule has 1 aromatic carbocycles. The number of aryl methyl sites for hydroxylation is 1. The summed E-state index contributed by atoms with van der Waals surface area (Å²) in [5.41, 5.74) is 7.72. The summed E-state index contributed by atoms with van der Waals surface area (Å²) in [7, 11) is 1.79. The predicted octanol–water partition coefficient (Wildman–Crippen LogP) is 3.03. The van der Waals surface area contributed by atoms with Crippen LogP contribution in [0.4, 0.5) is 8.78 Å². The number of thiocarbonyl (C=S) groups is 1. The highest BCUT2D eigenvalue weighted by molar-refractivity contribution is 7.81. The van der Waals surface area contributed by atoms with Crippen molar-refractivity contribution in [1.29, 1.82) is 0 Å². The molecule has 3 rings (SSSR count). The van der Waals surface area contributed by atoms with Gasteiger partial charge < -0.3 is 11.1 Å². The summed E-state index contributed by atoms with van der Waals surface area (Å²) in [4.78, 5) is 13.2. The van der Waals surface area contributed by atoms with E-state index in [9.17, 15) is 13.6 Å². The zero-order valence-corrected chi connectivity index (χ0v) is 17.2. The Hall–Kier alpha value is -2.42.